The van der Waals surface area contributed by atoms with Crippen molar-refractivity contribution < 1.29 is 4.39 Å². The maximum absolute atomic E-state index is 13.2. The van der Waals surface area contributed by atoms with Gasteiger partial charge in [0.05, 0.1) is 11.4 Å². The molecule has 3 aliphatic heterocycles. The van der Waals surface area contributed by atoms with Gasteiger partial charge in [-0.05, 0) is 63.9 Å². The average molecular weight is 342 g/mol. The van der Waals surface area contributed by atoms with E-state index in [-0.39, 0.29) is 5.82 Å². The highest BCUT2D eigenvalue weighted by Crippen LogP contribution is 2.30. The second kappa shape index (κ2) is 6.54. The molecule has 2 aromatic rings. The van der Waals surface area contributed by atoms with Gasteiger partial charge in [0, 0.05) is 43.5 Å². The summed E-state index contributed by atoms with van der Waals surface area (Å²) in [7, 11) is 2.25. The summed E-state index contributed by atoms with van der Waals surface area (Å²) in [5, 5.41) is 4.73. The van der Waals surface area contributed by atoms with Crippen LogP contribution in [0.15, 0.2) is 24.3 Å². The Bertz CT molecular complexity index is 752. The number of aromatic nitrogens is 2. The Morgan fingerprint density at radius 1 is 1.08 bits per heavy atom. The fourth-order valence-corrected chi connectivity index (χ4v) is 4.55. The fourth-order valence-electron chi connectivity index (χ4n) is 4.55. The van der Waals surface area contributed by atoms with Gasteiger partial charge in [-0.1, -0.05) is 0 Å². The second-order valence-electron chi connectivity index (χ2n) is 7.79. The van der Waals surface area contributed by atoms with Crippen LogP contribution in [0, 0.1) is 25.6 Å². The van der Waals surface area contributed by atoms with Crippen molar-refractivity contribution in [2.45, 2.75) is 39.3 Å². The van der Waals surface area contributed by atoms with Gasteiger partial charge in [0.2, 0.25) is 0 Å². The molecule has 134 valence electrons. The van der Waals surface area contributed by atoms with Crippen LogP contribution >= 0.6 is 0 Å². The molecule has 3 fully saturated rings. The van der Waals surface area contributed by atoms with E-state index in [1.54, 1.807) is 12.1 Å². The van der Waals surface area contributed by atoms with Crippen molar-refractivity contribution in [2.24, 2.45) is 5.92 Å². The Hall–Kier alpha value is -1.72. The Labute approximate surface area is 149 Å². The van der Waals surface area contributed by atoms with Crippen molar-refractivity contribution in [1.29, 1.82) is 0 Å². The highest BCUT2D eigenvalue weighted by molar-refractivity contribution is 5.37. The van der Waals surface area contributed by atoms with Crippen LogP contribution in [0.1, 0.15) is 29.8 Å². The zero-order valence-corrected chi connectivity index (χ0v) is 15.4. The molecule has 2 atom stereocenters. The smallest absolute Gasteiger partial charge is 0.123 e. The Balaban J connectivity index is 1.60. The lowest BCUT2D eigenvalue weighted by Gasteiger charge is -2.36. The molecule has 0 aliphatic carbocycles. The molecule has 3 saturated heterocycles. The molecule has 25 heavy (non-hydrogen) atoms. The first-order chi connectivity index (χ1) is 12.0. The molecule has 5 heteroatoms. The third-order valence-electron chi connectivity index (χ3n) is 5.88. The average Bonchev–Trinajstić information content (AvgIpc) is 2.73. The number of piperidine rings is 1. The van der Waals surface area contributed by atoms with Gasteiger partial charge < -0.3 is 4.90 Å². The SMILES string of the molecule is Cc1nn(-c2ccc(F)cc2)c(C)c1CN1C[C@@H]2CC[C@H]1CN(C)C2. The highest BCUT2D eigenvalue weighted by Gasteiger charge is 2.34. The van der Waals surface area contributed by atoms with E-state index in [1.165, 1.54) is 50.2 Å². The first-order valence-corrected chi connectivity index (χ1v) is 9.25. The number of halogens is 1. The fraction of sp³-hybridized carbons (Fsp3) is 0.550. The lowest BCUT2D eigenvalue weighted by Crippen LogP contribution is -2.43. The van der Waals surface area contributed by atoms with E-state index >= 15 is 0 Å². The summed E-state index contributed by atoms with van der Waals surface area (Å²) in [5.41, 5.74) is 4.48. The number of benzene rings is 1. The molecular formula is C20H27FN4. The maximum Gasteiger partial charge on any atom is 0.123 e. The molecule has 0 N–H and O–H groups in total. The number of hydrogen-bond donors (Lipinski definition) is 0. The third-order valence-corrected chi connectivity index (χ3v) is 5.88. The monoisotopic (exact) mass is 342 g/mol. The Kier molecular flexibility index (Phi) is 4.38. The molecular weight excluding hydrogens is 315 g/mol. The molecule has 0 spiro atoms. The summed E-state index contributed by atoms with van der Waals surface area (Å²) in [4.78, 5) is 5.15. The van der Waals surface area contributed by atoms with Crippen molar-refractivity contribution >= 4 is 0 Å². The molecule has 5 rings (SSSR count). The molecule has 0 amide bonds. The molecule has 1 aromatic heterocycles. The van der Waals surface area contributed by atoms with E-state index < -0.39 is 0 Å². The van der Waals surface area contributed by atoms with Gasteiger partial charge in [0.15, 0.2) is 0 Å². The number of rotatable bonds is 3. The summed E-state index contributed by atoms with van der Waals surface area (Å²) in [6, 6.07) is 7.23. The van der Waals surface area contributed by atoms with E-state index in [9.17, 15) is 4.39 Å². The summed E-state index contributed by atoms with van der Waals surface area (Å²) in [6.45, 7) is 8.76. The van der Waals surface area contributed by atoms with E-state index in [4.69, 9.17) is 5.10 Å². The van der Waals surface area contributed by atoms with Gasteiger partial charge in [-0.3, -0.25) is 4.90 Å². The zero-order valence-electron chi connectivity index (χ0n) is 15.4. The molecule has 3 aliphatic rings. The minimum absolute atomic E-state index is 0.213. The van der Waals surface area contributed by atoms with E-state index in [0.717, 1.165) is 29.5 Å². The molecule has 4 heterocycles. The molecule has 4 nitrogen and oxygen atoms in total. The van der Waals surface area contributed by atoms with Crippen LogP contribution in [-0.4, -0.2) is 52.3 Å². The molecule has 0 radical (unpaired) electrons. The minimum Gasteiger partial charge on any atom is -0.304 e. The maximum atomic E-state index is 13.2. The van der Waals surface area contributed by atoms with Gasteiger partial charge in [-0.15, -0.1) is 0 Å². The van der Waals surface area contributed by atoms with Crippen LogP contribution in [0.4, 0.5) is 4.39 Å². The van der Waals surface area contributed by atoms with Gasteiger partial charge in [-0.25, -0.2) is 9.07 Å². The zero-order chi connectivity index (χ0) is 17.6. The normalized spacial score (nSPS) is 24.6. The number of aryl methyl sites for hydroxylation is 1. The third kappa shape index (κ3) is 3.23. The van der Waals surface area contributed by atoms with Crippen LogP contribution in [0.25, 0.3) is 5.69 Å². The van der Waals surface area contributed by atoms with Crippen molar-refractivity contribution in [1.82, 2.24) is 19.6 Å². The lowest BCUT2D eigenvalue weighted by molar-refractivity contribution is 0.124. The van der Waals surface area contributed by atoms with Crippen molar-refractivity contribution in [2.75, 3.05) is 26.7 Å². The van der Waals surface area contributed by atoms with Gasteiger partial charge in [-0.2, -0.15) is 5.10 Å². The summed E-state index contributed by atoms with van der Waals surface area (Å²) in [6.07, 6.45) is 2.66. The highest BCUT2D eigenvalue weighted by atomic mass is 19.1. The Morgan fingerprint density at radius 3 is 2.60 bits per heavy atom. The van der Waals surface area contributed by atoms with Gasteiger partial charge in [0.1, 0.15) is 5.82 Å². The summed E-state index contributed by atoms with van der Waals surface area (Å²) < 4.78 is 15.2. The largest absolute Gasteiger partial charge is 0.304 e. The summed E-state index contributed by atoms with van der Waals surface area (Å²) in [5.74, 6) is 0.576. The van der Waals surface area contributed by atoms with Crippen molar-refractivity contribution in [3.63, 3.8) is 0 Å². The molecule has 2 bridgehead atoms. The predicted octanol–water partition coefficient (Wildman–Crippen LogP) is 3.15. The van der Waals surface area contributed by atoms with E-state index in [0.29, 0.717) is 6.04 Å². The second-order valence-corrected chi connectivity index (χ2v) is 7.79. The molecule has 0 saturated carbocycles. The number of nitrogens with zero attached hydrogens (tertiary/aromatic N) is 4. The lowest BCUT2D eigenvalue weighted by atomic mass is 9.94. The van der Waals surface area contributed by atoms with Crippen LogP contribution in [0.5, 0.6) is 0 Å². The quantitative estimate of drug-likeness (QED) is 0.856. The topological polar surface area (TPSA) is 24.3 Å². The first kappa shape index (κ1) is 16.7. The van der Waals surface area contributed by atoms with Crippen LogP contribution in [0.3, 0.4) is 0 Å². The van der Waals surface area contributed by atoms with Crippen LogP contribution in [0.2, 0.25) is 0 Å². The van der Waals surface area contributed by atoms with Crippen molar-refractivity contribution in [3.05, 3.63) is 47.0 Å². The number of fused-ring (bicyclic) bond motifs is 4. The predicted molar refractivity (Wildman–Crippen MR) is 97.4 cm³/mol. The van der Waals surface area contributed by atoms with E-state index in [2.05, 4.69) is 30.7 Å². The van der Waals surface area contributed by atoms with Gasteiger partial charge >= 0.3 is 0 Å². The van der Waals surface area contributed by atoms with Gasteiger partial charge in [0.25, 0.3) is 0 Å². The first-order valence-electron chi connectivity index (χ1n) is 9.25. The van der Waals surface area contributed by atoms with E-state index in [1.807, 2.05) is 4.68 Å². The van der Waals surface area contributed by atoms with Crippen LogP contribution in [-0.2, 0) is 6.54 Å². The van der Waals surface area contributed by atoms with Crippen molar-refractivity contribution in [3.8, 4) is 5.69 Å². The minimum atomic E-state index is -0.213. The Morgan fingerprint density at radius 2 is 1.84 bits per heavy atom. The van der Waals surface area contributed by atoms with Crippen LogP contribution < -0.4 is 0 Å². The molecule has 0 unspecified atom stereocenters. The number of hydrogen-bond acceptors (Lipinski definition) is 3. The number of likely N-dealkylation sites (N-methyl/N-ethyl adjacent to an activating group) is 1. The standard InChI is InChI=1S/C20H27FN4/c1-14-20(13-24-11-16-4-7-19(24)12-23(3)10-16)15(2)25(22-14)18-8-5-17(21)6-9-18/h5-6,8-9,16,19H,4,7,10-13H2,1-3H3/t16-,19+/m1/s1. The molecule has 1 aromatic carbocycles. The summed E-state index contributed by atoms with van der Waals surface area (Å²) >= 11 is 0.